The van der Waals surface area contributed by atoms with Gasteiger partial charge < -0.3 is 9.50 Å². The summed E-state index contributed by atoms with van der Waals surface area (Å²) in [5.41, 5.74) is -2.99. The van der Waals surface area contributed by atoms with Crippen molar-refractivity contribution in [1.29, 1.82) is 0 Å². The lowest BCUT2D eigenvalue weighted by atomic mass is 9.99. The van der Waals surface area contributed by atoms with Gasteiger partial charge in [0.1, 0.15) is 5.75 Å². The molecule has 0 unspecified atom stereocenters. The van der Waals surface area contributed by atoms with Gasteiger partial charge >= 0.3 is 15.6 Å². The van der Waals surface area contributed by atoms with Gasteiger partial charge in [-0.1, -0.05) is 18.2 Å². The third-order valence-corrected chi connectivity index (χ3v) is 7.24. The van der Waals surface area contributed by atoms with Gasteiger partial charge in [-0.05, 0) is 66.8 Å². The fraction of sp³-hybridized carbons (Fsp3) is 0.409. The van der Waals surface area contributed by atoms with Crippen LogP contribution in [0.2, 0.25) is 0 Å². The van der Waals surface area contributed by atoms with Crippen molar-refractivity contribution in [2.75, 3.05) is 19.6 Å². The number of unbranched alkanes of at least 4 members (excludes halogenated alkanes) is 1. The molecule has 0 fully saturated rings. The molecule has 2 aromatic rings. The molecule has 3 rings (SSSR count). The molecule has 1 aliphatic rings. The van der Waals surface area contributed by atoms with Crippen LogP contribution in [0, 0.1) is 0 Å². The average Bonchev–Trinajstić information content (AvgIpc) is 2.77. The van der Waals surface area contributed by atoms with E-state index in [4.69, 9.17) is 5.14 Å². The predicted octanol–water partition coefficient (Wildman–Crippen LogP) is 2.27. The Balaban J connectivity index is 1.43. The molecule has 2 aromatic carbocycles. The second kappa shape index (κ2) is 11.2. The molecule has 3 N–H and O–H groups in total. The first-order chi connectivity index (χ1) is 16.7. The third kappa shape index (κ3) is 7.91. The molecule has 14 heteroatoms. The van der Waals surface area contributed by atoms with Crippen LogP contribution >= 0.6 is 0 Å². The number of carbonyl (C=O) groups excluding carboxylic acids is 1. The minimum atomic E-state index is -5.73. The monoisotopic (exact) mass is 549 g/mol. The summed E-state index contributed by atoms with van der Waals surface area (Å²) >= 11 is 0. The summed E-state index contributed by atoms with van der Waals surface area (Å²) in [5, 5.41) is 7.80. The molecule has 0 aliphatic carbocycles. The second-order valence-corrected chi connectivity index (χ2v) is 11.6. The summed E-state index contributed by atoms with van der Waals surface area (Å²) in [5.74, 6) is -0.977. The molecular weight excluding hydrogens is 523 g/mol. The Hall–Kier alpha value is -2.68. The van der Waals surface area contributed by atoms with Crippen molar-refractivity contribution in [1.82, 2.24) is 10.2 Å². The van der Waals surface area contributed by atoms with Crippen LogP contribution in [0.4, 0.5) is 13.2 Å². The van der Waals surface area contributed by atoms with Crippen LogP contribution in [0.1, 0.15) is 39.9 Å². The van der Waals surface area contributed by atoms with Crippen molar-refractivity contribution in [2.24, 2.45) is 5.14 Å². The molecule has 1 heterocycles. The second-order valence-electron chi connectivity index (χ2n) is 8.41. The molecule has 0 atom stereocenters. The Morgan fingerprint density at radius 2 is 1.72 bits per heavy atom. The Labute approximate surface area is 207 Å². The molecule has 0 spiro atoms. The highest BCUT2D eigenvalue weighted by molar-refractivity contribution is 7.88. The van der Waals surface area contributed by atoms with Crippen molar-refractivity contribution in [3.05, 3.63) is 64.7 Å². The largest absolute Gasteiger partial charge is 0.534 e. The topological polar surface area (TPSA) is 136 Å². The van der Waals surface area contributed by atoms with Crippen LogP contribution in [0.25, 0.3) is 0 Å². The molecule has 1 amide bonds. The maximum Gasteiger partial charge on any atom is 0.534 e. The molecule has 0 saturated carbocycles. The van der Waals surface area contributed by atoms with E-state index >= 15 is 0 Å². The number of hydrogen-bond acceptors (Lipinski definition) is 7. The lowest BCUT2D eigenvalue weighted by molar-refractivity contribution is -0.0500. The number of primary sulfonamides is 1. The molecule has 36 heavy (non-hydrogen) atoms. The number of alkyl halides is 3. The summed E-state index contributed by atoms with van der Waals surface area (Å²) in [7, 11) is -9.37. The molecule has 0 saturated heterocycles. The SMILES string of the molecule is NS(=O)(=O)Cc1ccc(C(=O)NCCCCN2CCc3ccc(OS(=O)(=O)C(F)(F)F)cc3C2)cc1. The van der Waals surface area contributed by atoms with E-state index in [-0.39, 0.29) is 17.4 Å². The zero-order chi connectivity index (χ0) is 26.6. The highest BCUT2D eigenvalue weighted by Gasteiger charge is 2.48. The van der Waals surface area contributed by atoms with E-state index in [0.29, 0.717) is 49.2 Å². The van der Waals surface area contributed by atoms with Crippen molar-refractivity contribution in [2.45, 2.75) is 37.1 Å². The minimum absolute atomic E-state index is 0.287. The first-order valence-corrected chi connectivity index (χ1v) is 14.1. The van der Waals surface area contributed by atoms with Gasteiger partial charge in [-0.15, -0.1) is 0 Å². The van der Waals surface area contributed by atoms with Crippen LogP contribution in [0.3, 0.4) is 0 Å². The Kier molecular flexibility index (Phi) is 8.64. The van der Waals surface area contributed by atoms with Crippen molar-refractivity contribution >= 4 is 26.0 Å². The Morgan fingerprint density at radius 3 is 2.36 bits per heavy atom. The van der Waals surface area contributed by atoms with E-state index in [1.165, 1.54) is 36.4 Å². The van der Waals surface area contributed by atoms with Crippen molar-refractivity contribution < 1.29 is 39.0 Å². The number of nitrogens with zero attached hydrogens (tertiary/aromatic N) is 1. The fourth-order valence-corrected chi connectivity index (χ4v) is 4.87. The van der Waals surface area contributed by atoms with E-state index in [2.05, 4.69) is 14.4 Å². The van der Waals surface area contributed by atoms with E-state index < -0.39 is 25.6 Å². The Bertz CT molecular complexity index is 1300. The molecular formula is C22H26F3N3O6S2. The van der Waals surface area contributed by atoms with E-state index in [9.17, 15) is 34.8 Å². The van der Waals surface area contributed by atoms with Gasteiger partial charge in [0.05, 0.1) is 5.75 Å². The molecule has 0 bridgehead atoms. The Morgan fingerprint density at radius 1 is 1.03 bits per heavy atom. The number of fused-ring (bicyclic) bond motifs is 1. The molecule has 198 valence electrons. The number of nitrogens with one attached hydrogen (secondary N) is 1. The predicted molar refractivity (Wildman–Crippen MR) is 126 cm³/mol. The standard InChI is InChI=1S/C22H26F3N3O6S2/c23-22(24,25)36(32,33)34-20-8-7-17-9-12-28(14-19(17)13-20)11-2-1-10-27-21(29)18-5-3-16(4-6-18)15-35(26,30)31/h3-8,13H,1-2,9-12,14-15H2,(H,27,29)(H2,26,30,31). The van der Waals surface area contributed by atoms with Gasteiger partial charge in [0.15, 0.2) is 0 Å². The number of carbonyl (C=O) groups is 1. The summed E-state index contributed by atoms with van der Waals surface area (Å²) in [6, 6.07) is 10.2. The zero-order valence-corrected chi connectivity index (χ0v) is 20.8. The van der Waals surface area contributed by atoms with Gasteiger partial charge in [-0.25, -0.2) is 13.6 Å². The normalized spacial score (nSPS) is 14.8. The maximum atomic E-state index is 12.6. The average molecular weight is 550 g/mol. The van der Waals surface area contributed by atoms with Gasteiger partial charge in [-0.3, -0.25) is 9.69 Å². The molecule has 0 aromatic heterocycles. The van der Waals surface area contributed by atoms with Gasteiger partial charge in [0.2, 0.25) is 10.0 Å². The quantitative estimate of drug-likeness (QED) is 0.264. The van der Waals surface area contributed by atoms with Crippen LogP contribution in [-0.2, 0) is 38.9 Å². The van der Waals surface area contributed by atoms with E-state index in [1.54, 1.807) is 6.07 Å². The van der Waals surface area contributed by atoms with Crippen LogP contribution in [0.5, 0.6) is 5.75 Å². The highest BCUT2D eigenvalue weighted by Crippen LogP contribution is 2.29. The van der Waals surface area contributed by atoms with E-state index in [0.717, 1.165) is 18.5 Å². The number of sulfonamides is 1. The summed E-state index contributed by atoms with van der Waals surface area (Å²) in [6.45, 7) is 2.29. The first-order valence-electron chi connectivity index (χ1n) is 11.0. The minimum Gasteiger partial charge on any atom is -0.376 e. The van der Waals surface area contributed by atoms with Crippen LogP contribution < -0.4 is 14.6 Å². The zero-order valence-electron chi connectivity index (χ0n) is 19.1. The summed E-state index contributed by atoms with van der Waals surface area (Å²) < 4.78 is 86.7. The summed E-state index contributed by atoms with van der Waals surface area (Å²) in [6.07, 6.45) is 2.10. The third-order valence-electron chi connectivity index (χ3n) is 5.53. The molecule has 0 radical (unpaired) electrons. The smallest absolute Gasteiger partial charge is 0.376 e. The molecule has 1 aliphatic heterocycles. The van der Waals surface area contributed by atoms with Gasteiger partial charge in [-0.2, -0.15) is 21.6 Å². The van der Waals surface area contributed by atoms with Crippen molar-refractivity contribution in [3.8, 4) is 5.75 Å². The number of rotatable bonds is 10. The lowest BCUT2D eigenvalue weighted by Crippen LogP contribution is -2.32. The number of benzene rings is 2. The maximum absolute atomic E-state index is 12.6. The van der Waals surface area contributed by atoms with Crippen molar-refractivity contribution in [3.63, 3.8) is 0 Å². The summed E-state index contributed by atoms with van der Waals surface area (Å²) in [4.78, 5) is 14.3. The number of hydrogen-bond donors (Lipinski definition) is 2. The number of halogens is 3. The van der Waals surface area contributed by atoms with Gasteiger partial charge in [0, 0.05) is 25.2 Å². The first kappa shape index (κ1) is 27.9. The van der Waals surface area contributed by atoms with Crippen LogP contribution in [0.15, 0.2) is 42.5 Å². The number of nitrogens with two attached hydrogens (primary N) is 1. The number of amides is 1. The fourth-order valence-electron chi connectivity index (χ4n) is 3.76. The highest BCUT2D eigenvalue weighted by atomic mass is 32.2. The van der Waals surface area contributed by atoms with Crippen LogP contribution in [-0.4, -0.2) is 52.8 Å². The van der Waals surface area contributed by atoms with Gasteiger partial charge in [0.25, 0.3) is 5.91 Å². The molecule has 9 nitrogen and oxygen atoms in total. The lowest BCUT2D eigenvalue weighted by Gasteiger charge is -2.29. The van der Waals surface area contributed by atoms with E-state index in [1.807, 2.05) is 0 Å².